The largest absolute Gasteiger partial charge is 0.573 e. The van der Waals surface area contributed by atoms with E-state index in [1.807, 2.05) is 0 Å². The van der Waals surface area contributed by atoms with E-state index < -0.39 is 22.2 Å². The lowest BCUT2D eigenvalue weighted by Gasteiger charge is -2.32. The standard InChI is InChI=1S/C18H13F3N2O3S/c1-10-15(24)23(11-6-8-12(9-7-11)26-18(19,20)21)17(27-10)13-4-2-3-5-14(13)22-16(17)25/h2-10H,1H3,(H,22,25)/t10-,17-/m0/s1. The van der Waals surface area contributed by atoms with Crippen molar-refractivity contribution < 1.29 is 27.5 Å². The molecule has 5 nitrogen and oxygen atoms in total. The summed E-state index contributed by atoms with van der Waals surface area (Å²) < 4.78 is 41.0. The number of alkyl halides is 3. The molecule has 2 atom stereocenters. The number of hydrogen-bond acceptors (Lipinski definition) is 4. The zero-order chi connectivity index (χ0) is 19.4. The molecule has 2 heterocycles. The van der Waals surface area contributed by atoms with Crippen LogP contribution in [0.1, 0.15) is 12.5 Å². The van der Waals surface area contributed by atoms with Gasteiger partial charge in [-0.05, 0) is 37.3 Å². The van der Waals surface area contributed by atoms with E-state index in [1.165, 1.54) is 28.8 Å². The molecule has 2 aromatic rings. The Hall–Kier alpha value is -2.68. The van der Waals surface area contributed by atoms with E-state index in [9.17, 15) is 22.8 Å². The Labute approximate surface area is 156 Å². The van der Waals surface area contributed by atoms with Crippen molar-refractivity contribution in [3.8, 4) is 5.75 Å². The van der Waals surface area contributed by atoms with E-state index in [0.717, 1.165) is 12.1 Å². The van der Waals surface area contributed by atoms with Gasteiger partial charge in [0.2, 0.25) is 10.8 Å². The van der Waals surface area contributed by atoms with Crippen molar-refractivity contribution >= 4 is 35.0 Å². The number of carbonyl (C=O) groups excluding carboxylic acids is 2. The van der Waals surface area contributed by atoms with Gasteiger partial charge in [-0.3, -0.25) is 14.5 Å². The van der Waals surface area contributed by atoms with Crippen LogP contribution in [0.15, 0.2) is 48.5 Å². The van der Waals surface area contributed by atoms with E-state index in [-0.39, 0.29) is 11.8 Å². The van der Waals surface area contributed by atoms with Crippen LogP contribution in [0.4, 0.5) is 24.5 Å². The molecule has 1 spiro atoms. The first-order valence-electron chi connectivity index (χ1n) is 8.01. The Morgan fingerprint density at radius 3 is 2.44 bits per heavy atom. The average molecular weight is 394 g/mol. The van der Waals surface area contributed by atoms with Gasteiger partial charge in [0, 0.05) is 16.9 Å². The maximum atomic E-state index is 12.9. The number of amides is 2. The van der Waals surface area contributed by atoms with Crippen LogP contribution >= 0.6 is 11.8 Å². The normalized spacial score (nSPS) is 24.3. The summed E-state index contributed by atoms with van der Waals surface area (Å²) in [4.78, 5) is 25.8. The van der Waals surface area contributed by atoms with Crippen LogP contribution < -0.4 is 15.0 Å². The van der Waals surface area contributed by atoms with Crippen molar-refractivity contribution in [1.82, 2.24) is 0 Å². The van der Waals surface area contributed by atoms with Gasteiger partial charge in [-0.15, -0.1) is 24.9 Å². The second kappa shape index (κ2) is 5.91. The first-order valence-corrected chi connectivity index (χ1v) is 8.89. The average Bonchev–Trinajstić information content (AvgIpc) is 3.02. The number of hydrogen-bond donors (Lipinski definition) is 1. The molecule has 0 aromatic heterocycles. The molecule has 27 heavy (non-hydrogen) atoms. The number of nitrogens with zero attached hydrogens (tertiary/aromatic N) is 1. The maximum Gasteiger partial charge on any atom is 0.573 e. The number of halogens is 3. The molecule has 0 bridgehead atoms. The zero-order valence-corrected chi connectivity index (χ0v) is 14.7. The van der Waals surface area contributed by atoms with Crippen molar-refractivity contribution in [1.29, 1.82) is 0 Å². The molecule has 2 aliphatic rings. The summed E-state index contributed by atoms with van der Waals surface area (Å²) in [7, 11) is 0. The lowest BCUT2D eigenvalue weighted by Crippen LogP contribution is -2.47. The summed E-state index contributed by atoms with van der Waals surface area (Å²) in [6, 6.07) is 12.0. The number of thioether (sulfide) groups is 1. The molecule has 0 unspecified atom stereocenters. The van der Waals surface area contributed by atoms with Gasteiger partial charge in [0.25, 0.3) is 5.91 Å². The molecule has 0 saturated carbocycles. The monoisotopic (exact) mass is 394 g/mol. The smallest absolute Gasteiger partial charge is 0.406 e. The number of carbonyl (C=O) groups is 2. The summed E-state index contributed by atoms with van der Waals surface area (Å²) in [5.74, 6) is -1.05. The van der Waals surface area contributed by atoms with E-state index in [1.54, 1.807) is 31.2 Å². The summed E-state index contributed by atoms with van der Waals surface area (Å²) in [5, 5.41) is 2.29. The number of ether oxygens (including phenoxy) is 1. The predicted molar refractivity (Wildman–Crippen MR) is 94.4 cm³/mol. The van der Waals surface area contributed by atoms with Crippen molar-refractivity contribution in [3.63, 3.8) is 0 Å². The predicted octanol–water partition coefficient (Wildman–Crippen LogP) is 3.86. The van der Waals surface area contributed by atoms with Crippen LogP contribution in [0, 0.1) is 0 Å². The van der Waals surface area contributed by atoms with E-state index in [4.69, 9.17) is 0 Å². The highest BCUT2D eigenvalue weighted by atomic mass is 32.2. The second-order valence-electron chi connectivity index (χ2n) is 6.12. The van der Waals surface area contributed by atoms with Gasteiger partial charge in [-0.25, -0.2) is 0 Å². The first-order chi connectivity index (χ1) is 12.7. The second-order valence-corrected chi connectivity index (χ2v) is 7.65. The van der Waals surface area contributed by atoms with Crippen LogP contribution in [0.3, 0.4) is 0 Å². The molecule has 2 aromatic carbocycles. The number of rotatable bonds is 2. The molecule has 1 fully saturated rings. The highest BCUT2D eigenvalue weighted by Crippen LogP contribution is 2.56. The van der Waals surface area contributed by atoms with Gasteiger partial charge in [0.05, 0.1) is 5.25 Å². The van der Waals surface area contributed by atoms with Gasteiger partial charge < -0.3 is 10.1 Å². The van der Waals surface area contributed by atoms with Gasteiger partial charge in [-0.1, -0.05) is 18.2 Å². The molecule has 1 N–H and O–H groups in total. The number of anilines is 2. The van der Waals surface area contributed by atoms with Gasteiger partial charge in [-0.2, -0.15) is 0 Å². The molecular formula is C18H13F3N2O3S. The lowest BCUT2D eigenvalue weighted by atomic mass is 10.0. The first kappa shape index (κ1) is 17.7. The van der Waals surface area contributed by atoms with E-state index in [0.29, 0.717) is 16.9 Å². The molecular weight excluding hydrogens is 381 g/mol. The fourth-order valence-electron chi connectivity index (χ4n) is 3.36. The molecule has 1 saturated heterocycles. The minimum atomic E-state index is -4.80. The number of nitrogens with one attached hydrogen (secondary N) is 1. The van der Waals surface area contributed by atoms with Crippen LogP contribution in [-0.4, -0.2) is 23.4 Å². The Morgan fingerprint density at radius 2 is 1.78 bits per heavy atom. The summed E-state index contributed by atoms with van der Waals surface area (Å²) >= 11 is 1.20. The summed E-state index contributed by atoms with van der Waals surface area (Å²) in [5.41, 5.74) is 1.57. The SMILES string of the molecule is C[C@@H]1S[C@@]2(C(=O)Nc3ccccc32)N(c2ccc(OC(F)(F)F)cc2)C1=O. The summed E-state index contributed by atoms with van der Waals surface area (Å²) in [6.45, 7) is 1.70. The number of fused-ring (bicyclic) bond motifs is 2. The Kier molecular flexibility index (Phi) is 3.88. The van der Waals surface area contributed by atoms with Crippen molar-refractivity contribution in [2.45, 2.75) is 23.4 Å². The van der Waals surface area contributed by atoms with Gasteiger partial charge in [0.1, 0.15) is 5.75 Å². The Bertz CT molecular complexity index is 932. The Morgan fingerprint density at radius 1 is 1.11 bits per heavy atom. The molecule has 4 rings (SSSR count). The maximum absolute atomic E-state index is 12.9. The van der Waals surface area contributed by atoms with Gasteiger partial charge >= 0.3 is 6.36 Å². The zero-order valence-electron chi connectivity index (χ0n) is 13.9. The summed E-state index contributed by atoms with van der Waals surface area (Å²) in [6.07, 6.45) is -4.80. The molecule has 0 radical (unpaired) electrons. The van der Waals surface area contributed by atoms with Crippen molar-refractivity contribution in [2.75, 3.05) is 10.2 Å². The Balaban J connectivity index is 1.79. The van der Waals surface area contributed by atoms with Crippen molar-refractivity contribution in [2.24, 2.45) is 0 Å². The fourth-order valence-corrected chi connectivity index (χ4v) is 4.84. The van der Waals surface area contributed by atoms with E-state index in [2.05, 4.69) is 10.1 Å². The third-order valence-corrected chi connectivity index (χ3v) is 5.89. The van der Waals surface area contributed by atoms with Crippen LogP contribution in [0.2, 0.25) is 0 Å². The molecule has 2 amide bonds. The topological polar surface area (TPSA) is 58.6 Å². The van der Waals surface area contributed by atoms with E-state index >= 15 is 0 Å². The van der Waals surface area contributed by atoms with Crippen LogP contribution in [0.25, 0.3) is 0 Å². The minimum Gasteiger partial charge on any atom is -0.406 e. The number of benzene rings is 2. The van der Waals surface area contributed by atoms with Crippen LogP contribution in [-0.2, 0) is 14.5 Å². The highest BCUT2D eigenvalue weighted by molar-refractivity contribution is 8.03. The third kappa shape index (κ3) is 2.73. The minimum absolute atomic E-state index is 0.295. The molecule has 140 valence electrons. The highest BCUT2D eigenvalue weighted by Gasteiger charge is 2.60. The van der Waals surface area contributed by atoms with Gasteiger partial charge in [0.15, 0.2) is 0 Å². The van der Waals surface area contributed by atoms with Crippen molar-refractivity contribution in [3.05, 3.63) is 54.1 Å². The molecule has 9 heteroatoms. The third-order valence-electron chi connectivity index (χ3n) is 4.41. The van der Waals surface area contributed by atoms with Crippen LogP contribution in [0.5, 0.6) is 5.75 Å². The number of para-hydroxylation sites is 1. The molecule has 2 aliphatic heterocycles. The fraction of sp³-hybridized carbons (Fsp3) is 0.222. The quantitative estimate of drug-likeness (QED) is 0.841. The molecule has 0 aliphatic carbocycles. The lowest BCUT2D eigenvalue weighted by molar-refractivity contribution is -0.274.